The summed E-state index contributed by atoms with van der Waals surface area (Å²) < 4.78 is 5.55. The number of ether oxygens (including phenoxy) is 1. The monoisotopic (exact) mass is 313 g/mol. The highest BCUT2D eigenvalue weighted by atomic mass is 32.1. The van der Waals surface area contributed by atoms with Gasteiger partial charge in [0, 0.05) is 35.7 Å². The van der Waals surface area contributed by atoms with Gasteiger partial charge in [0.25, 0.3) is 0 Å². The zero-order chi connectivity index (χ0) is 15.0. The highest BCUT2D eigenvalue weighted by Crippen LogP contribution is 2.46. The van der Waals surface area contributed by atoms with E-state index in [2.05, 4.69) is 18.2 Å². The van der Waals surface area contributed by atoms with Crippen molar-refractivity contribution in [1.29, 1.82) is 0 Å². The van der Waals surface area contributed by atoms with Gasteiger partial charge in [-0.1, -0.05) is 24.3 Å². The molecule has 0 radical (unpaired) electrons. The second kappa shape index (κ2) is 5.52. The molecule has 3 nitrogen and oxygen atoms in total. The Bertz CT molecular complexity index is 674. The maximum atomic E-state index is 12.8. The van der Waals surface area contributed by atoms with E-state index in [1.54, 1.807) is 11.3 Å². The van der Waals surface area contributed by atoms with Crippen molar-refractivity contribution in [2.45, 2.75) is 24.7 Å². The van der Waals surface area contributed by atoms with Crippen LogP contribution >= 0.6 is 11.3 Å². The fourth-order valence-corrected chi connectivity index (χ4v) is 4.40. The fraction of sp³-hybridized carbons (Fsp3) is 0.389. The summed E-state index contributed by atoms with van der Waals surface area (Å²) in [5, 5.41) is 2.03. The molecule has 1 aromatic carbocycles. The smallest absolute Gasteiger partial charge is 0.232 e. The molecule has 2 aliphatic rings. The highest BCUT2D eigenvalue weighted by Gasteiger charge is 2.45. The van der Waals surface area contributed by atoms with Gasteiger partial charge in [0.1, 0.15) is 0 Å². The van der Waals surface area contributed by atoms with Gasteiger partial charge in [-0.25, -0.2) is 0 Å². The van der Waals surface area contributed by atoms with Gasteiger partial charge in [-0.2, -0.15) is 0 Å². The normalized spacial score (nSPS) is 19.4. The summed E-state index contributed by atoms with van der Waals surface area (Å²) in [4.78, 5) is 15.9. The standard InChI is InChI=1S/C18H19NO2S/c20-17(12-14-4-3-11-22-14)19-13-18(7-9-21-10-8-18)15-5-1-2-6-16(15)19/h1-6,11H,7-10,12-13H2. The van der Waals surface area contributed by atoms with Crippen LogP contribution in [0.25, 0.3) is 0 Å². The van der Waals surface area contributed by atoms with Crippen LogP contribution in [0.4, 0.5) is 5.69 Å². The predicted octanol–water partition coefficient (Wildman–Crippen LogP) is 3.39. The lowest BCUT2D eigenvalue weighted by molar-refractivity contribution is -0.118. The van der Waals surface area contributed by atoms with E-state index in [1.807, 2.05) is 28.5 Å². The quantitative estimate of drug-likeness (QED) is 0.850. The van der Waals surface area contributed by atoms with Crippen LogP contribution in [0.15, 0.2) is 41.8 Å². The lowest BCUT2D eigenvalue weighted by Gasteiger charge is -2.34. The van der Waals surface area contributed by atoms with E-state index in [0.29, 0.717) is 6.42 Å². The minimum atomic E-state index is 0.0972. The Morgan fingerprint density at radius 1 is 1.18 bits per heavy atom. The third kappa shape index (κ3) is 2.27. The Morgan fingerprint density at radius 2 is 2.00 bits per heavy atom. The van der Waals surface area contributed by atoms with Gasteiger partial charge in [-0.05, 0) is 35.9 Å². The van der Waals surface area contributed by atoms with Crippen molar-refractivity contribution >= 4 is 22.9 Å². The molecule has 0 aliphatic carbocycles. The second-order valence-corrected chi connectivity index (χ2v) is 7.18. The first-order valence-corrected chi connectivity index (χ1v) is 8.66. The molecule has 0 unspecified atom stereocenters. The Kier molecular flexibility index (Phi) is 3.51. The van der Waals surface area contributed by atoms with Crippen molar-refractivity contribution in [1.82, 2.24) is 0 Å². The number of thiophene rings is 1. The van der Waals surface area contributed by atoms with Crippen molar-refractivity contribution in [3.63, 3.8) is 0 Å². The summed E-state index contributed by atoms with van der Waals surface area (Å²) in [6, 6.07) is 12.4. The van der Waals surface area contributed by atoms with Crippen LogP contribution < -0.4 is 4.90 Å². The maximum absolute atomic E-state index is 12.8. The molecule has 0 atom stereocenters. The number of hydrogen-bond donors (Lipinski definition) is 0. The zero-order valence-electron chi connectivity index (χ0n) is 12.5. The van der Waals surface area contributed by atoms with E-state index in [1.165, 1.54) is 5.56 Å². The number of carbonyl (C=O) groups is 1. The van der Waals surface area contributed by atoms with Crippen molar-refractivity contribution in [3.05, 3.63) is 52.2 Å². The van der Waals surface area contributed by atoms with E-state index >= 15 is 0 Å². The molecule has 0 bridgehead atoms. The van der Waals surface area contributed by atoms with E-state index in [9.17, 15) is 4.79 Å². The predicted molar refractivity (Wildman–Crippen MR) is 88.5 cm³/mol. The number of carbonyl (C=O) groups excluding carboxylic acids is 1. The van der Waals surface area contributed by atoms with Gasteiger partial charge < -0.3 is 9.64 Å². The number of fused-ring (bicyclic) bond motifs is 2. The molecule has 1 amide bonds. The Labute approximate surface area is 134 Å². The van der Waals surface area contributed by atoms with E-state index < -0.39 is 0 Å². The summed E-state index contributed by atoms with van der Waals surface area (Å²) in [5.41, 5.74) is 2.53. The van der Waals surface area contributed by atoms with Gasteiger partial charge >= 0.3 is 0 Å². The lowest BCUT2D eigenvalue weighted by Crippen LogP contribution is -2.41. The number of hydrogen-bond acceptors (Lipinski definition) is 3. The van der Waals surface area contributed by atoms with Crippen molar-refractivity contribution < 1.29 is 9.53 Å². The third-order valence-corrected chi connectivity index (χ3v) is 5.76. The molecule has 1 aromatic heterocycles. The van der Waals surface area contributed by atoms with Gasteiger partial charge in [0.15, 0.2) is 0 Å². The van der Waals surface area contributed by atoms with Crippen LogP contribution in [0.3, 0.4) is 0 Å². The summed E-state index contributed by atoms with van der Waals surface area (Å²) >= 11 is 1.65. The molecule has 4 heteroatoms. The molecule has 1 fully saturated rings. The summed E-state index contributed by atoms with van der Waals surface area (Å²) in [6.07, 6.45) is 2.51. The lowest BCUT2D eigenvalue weighted by atomic mass is 9.76. The molecule has 3 heterocycles. The fourth-order valence-electron chi connectivity index (χ4n) is 3.70. The zero-order valence-corrected chi connectivity index (χ0v) is 13.3. The minimum Gasteiger partial charge on any atom is -0.381 e. The van der Waals surface area contributed by atoms with E-state index in [4.69, 9.17) is 4.74 Å². The van der Waals surface area contributed by atoms with Crippen LogP contribution in [0.2, 0.25) is 0 Å². The molecule has 1 saturated heterocycles. The first kappa shape index (κ1) is 14.0. The number of rotatable bonds is 2. The van der Waals surface area contributed by atoms with E-state index in [-0.39, 0.29) is 11.3 Å². The topological polar surface area (TPSA) is 29.5 Å². The second-order valence-electron chi connectivity index (χ2n) is 6.15. The summed E-state index contributed by atoms with van der Waals surface area (Å²) in [5.74, 6) is 0.207. The Morgan fingerprint density at radius 3 is 2.77 bits per heavy atom. The largest absolute Gasteiger partial charge is 0.381 e. The molecular weight excluding hydrogens is 294 g/mol. The van der Waals surface area contributed by atoms with Gasteiger partial charge in [-0.3, -0.25) is 4.79 Å². The van der Waals surface area contributed by atoms with Crippen LogP contribution in [0.1, 0.15) is 23.3 Å². The highest BCUT2D eigenvalue weighted by molar-refractivity contribution is 7.10. The number of amides is 1. The van der Waals surface area contributed by atoms with E-state index in [0.717, 1.165) is 43.2 Å². The first-order valence-electron chi connectivity index (χ1n) is 7.79. The SMILES string of the molecule is O=C(Cc1cccs1)N1CC2(CCOCC2)c2ccccc21. The molecule has 2 aromatic rings. The van der Waals surface area contributed by atoms with Crippen LogP contribution in [0.5, 0.6) is 0 Å². The average molecular weight is 313 g/mol. The number of benzene rings is 1. The number of anilines is 1. The van der Waals surface area contributed by atoms with Crippen molar-refractivity contribution in [3.8, 4) is 0 Å². The molecule has 1 spiro atoms. The molecule has 4 rings (SSSR count). The maximum Gasteiger partial charge on any atom is 0.232 e. The Hall–Kier alpha value is -1.65. The van der Waals surface area contributed by atoms with Gasteiger partial charge in [0.2, 0.25) is 5.91 Å². The first-order chi connectivity index (χ1) is 10.8. The Balaban J connectivity index is 1.65. The molecule has 22 heavy (non-hydrogen) atoms. The van der Waals surface area contributed by atoms with Crippen molar-refractivity contribution in [2.24, 2.45) is 0 Å². The van der Waals surface area contributed by atoms with Crippen molar-refractivity contribution in [2.75, 3.05) is 24.7 Å². The number of para-hydroxylation sites is 1. The molecule has 0 saturated carbocycles. The van der Waals surface area contributed by atoms with Crippen LogP contribution in [0, 0.1) is 0 Å². The summed E-state index contributed by atoms with van der Waals surface area (Å²) in [7, 11) is 0. The molecular formula is C18H19NO2S. The summed E-state index contributed by atoms with van der Waals surface area (Å²) in [6.45, 7) is 2.39. The van der Waals surface area contributed by atoms with Gasteiger partial charge in [0.05, 0.1) is 6.42 Å². The third-order valence-electron chi connectivity index (χ3n) is 4.88. The minimum absolute atomic E-state index is 0.0972. The average Bonchev–Trinajstić information content (AvgIpc) is 3.16. The molecule has 0 N–H and O–H groups in total. The molecule has 2 aliphatic heterocycles. The number of nitrogens with zero attached hydrogens (tertiary/aromatic N) is 1. The van der Waals surface area contributed by atoms with Gasteiger partial charge in [-0.15, -0.1) is 11.3 Å². The van der Waals surface area contributed by atoms with Crippen LogP contribution in [-0.4, -0.2) is 25.7 Å². The molecule has 114 valence electrons. The van der Waals surface area contributed by atoms with Crippen LogP contribution in [-0.2, 0) is 21.4 Å².